The molecule has 0 amide bonds. The molecule has 1 saturated heterocycles. The predicted molar refractivity (Wildman–Crippen MR) is 43.4 cm³/mol. The highest BCUT2D eigenvalue weighted by atomic mass is 16.6. The third-order valence-corrected chi connectivity index (χ3v) is 3.79. The predicted octanol–water partition coefficient (Wildman–Crippen LogP) is 2.36. The summed E-state index contributed by atoms with van der Waals surface area (Å²) in [7, 11) is 0. The van der Waals surface area contributed by atoms with Crippen molar-refractivity contribution >= 4 is 0 Å². The Balaban J connectivity index is 1.75. The SMILES string of the molecule is C1CCC(C2(C3CC3)CO2)C1. The van der Waals surface area contributed by atoms with Crippen LogP contribution in [0.5, 0.6) is 0 Å². The second-order valence-electron chi connectivity index (χ2n) is 4.50. The topological polar surface area (TPSA) is 12.5 Å². The van der Waals surface area contributed by atoms with E-state index in [9.17, 15) is 0 Å². The molecule has 0 aromatic heterocycles. The zero-order valence-corrected chi connectivity index (χ0v) is 7.01. The number of rotatable bonds is 2. The Hall–Kier alpha value is -0.0400. The Kier molecular flexibility index (Phi) is 1.18. The maximum atomic E-state index is 5.70. The zero-order chi connectivity index (χ0) is 7.31. The molecule has 1 nitrogen and oxygen atoms in total. The molecule has 0 radical (unpaired) electrons. The van der Waals surface area contributed by atoms with Gasteiger partial charge in [-0.3, -0.25) is 0 Å². The van der Waals surface area contributed by atoms with Gasteiger partial charge < -0.3 is 4.74 Å². The van der Waals surface area contributed by atoms with E-state index in [0.29, 0.717) is 5.60 Å². The van der Waals surface area contributed by atoms with Crippen LogP contribution in [0.3, 0.4) is 0 Å². The van der Waals surface area contributed by atoms with Crippen LogP contribution in [0.4, 0.5) is 0 Å². The van der Waals surface area contributed by atoms with Crippen molar-refractivity contribution in [2.45, 2.75) is 44.1 Å². The van der Waals surface area contributed by atoms with Crippen molar-refractivity contribution in [3.8, 4) is 0 Å². The molecule has 0 aromatic carbocycles. The first-order valence-corrected chi connectivity index (χ1v) is 5.06. The smallest absolute Gasteiger partial charge is 0.0972 e. The van der Waals surface area contributed by atoms with Crippen molar-refractivity contribution in [1.29, 1.82) is 0 Å². The molecule has 1 heterocycles. The molecule has 1 atom stereocenters. The molecule has 0 spiro atoms. The Bertz CT molecular complexity index is 162. The van der Waals surface area contributed by atoms with Gasteiger partial charge in [-0.25, -0.2) is 0 Å². The Morgan fingerprint density at radius 3 is 1.91 bits per heavy atom. The summed E-state index contributed by atoms with van der Waals surface area (Å²) in [5.74, 6) is 1.93. The molecule has 1 aliphatic heterocycles. The molecule has 0 bridgehead atoms. The highest BCUT2D eigenvalue weighted by molar-refractivity contribution is 5.08. The summed E-state index contributed by atoms with van der Waals surface area (Å²) >= 11 is 0. The van der Waals surface area contributed by atoms with E-state index >= 15 is 0 Å². The number of hydrogen-bond acceptors (Lipinski definition) is 1. The Labute approximate surface area is 68.1 Å². The fourth-order valence-electron chi connectivity index (χ4n) is 2.87. The fraction of sp³-hybridized carbons (Fsp3) is 1.00. The van der Waals surface area contributed by atoms with Crippen LogP contribution in [0.15, 0.2) is 0 Å². The van der Waals surface area contributed by atoms with Crippen molar-refractivity contribution in [3.05, 3.63) is 0 Å². The standard InChI is InChI=1S/C10H16O/c1-2-4-8(3-1)10(7-11-10)9-5-6-9/h8-9H,1-7H2. The van der Waals surface area contributed by atoms with Gasteiger partial charge in [0.25, 0.3) is 0 Å². The molecule has 3 fully saturated rings. The molecule has 2 saturated carbocycles. The first kappa shape index (κ1) is 6.47. The molecule has 62 valence electrons. The summed E-state index contributed by atoms with van der Waals surface area (Å²) in [5, 5.41) is 0. The highest BCUT2D eigenvalue weighted by Gasteiger charge is 2.60. The van der Waals surface area contributed by atoms with E-state index in [1.54, 1.807) is 0 Å². The molecule has 2 aliphatic carbocycles. The second-order valence-corrected chi connectivity index (χ2v) is 4.50. The average Bonchev–Trinajstić information content (AvgIpc) is 2.89. The number of ether oxygens (including phenoxy) is 1. The molecule has 11 heavy (non-hydrogen) atoms. The van der Waals surface area contributed by atoms with Gasteiger partial charge in [0.1, 0.15) is 0 Å². The maximum Gasteiger partial charge on any atom is 0.0972 e. The van der Waals surface area contributed by atoms with Crippen LogP contribution in [-0.2, 0) is 4.74 Å². The van der Waals surface area contributed by atoms with E-state index in [0.717, 1.165) is 18.4 Å². The molecule has 1 unspecified atom stereocenters. The van der Waals surface area contributed by atoms with Crippen LogP contribution in [0.1, 0.15) is 38.5 Å². The molecule has 3 aliphatic rings. The van der Waals surface area contributed by atoms with Gasteiger partial charge in [0.05, 0.1) is 12.2 Å². The van der Waals surface area contributed by atoms with Crippen molar-refractivity contribution in [3.63, 3.8) is 0 Å². The van der Waals surface area contributed by atoms with Crippen LogP contribution in [0.25, 0.3) is 0 Å². The second kappa shape index (κ2) is 2.01. The van der Waals surface area contributed by atoms with Gasteiger partial charge in [-0.15, -0.1) is 0 Å². The average molecular weight is 152 g/mol. The maximum absolute atomic E-state index is 5.70. The normalized spacial score (nSPS) is 44.7. The van der Waals surface area contributed by atoms with Gasteiger partial charge in [-0.1, -0.05) is 12.8 Å². The van der Waals surface area contributed by atoms with Gasteiger partial charge in [0.15, 0.2) is 0 Å². The number of epoxide rings is 1. The lowest BCUT2D eigenvalue weighted by molar-refractivity contribution is 0.192. The van der Waals surface area contributed by atoms with Gasteiger partial charge >= 0.3 is 0 Å². The lowest BCUT2D eigenvalue weighted by Crippen LogP contribution is -2.24. The van der Waals surface area contributed by atoms with E-state index < -0.39 is 0 Å². The summed E-state index contributed by atoms with van der Waals surface area (Å²) in [6.45, 7) is 1.10. The van der Waals surface area contributed by atoms with E-state index in [1.165, 1.54) is 38.5 Å². The van der Waals surface area contributed by atoms with E-state index in [4.69, 9.17) is 4.74 Å². The molecule has 0 N–H and O–H groups in total. The molecular formula is C10H16O. The molecule has 3 rings (SSSR count). The van der Waals surface area contributed by atoms with Crippen LogP contribution in [0, 0.1) is 11.8 Å². The summed E-state index contributed by atoms with van der Waals surface area (Å²) in [4.78, 5) is 0. The van der Waals surface area contributed by atoms with Gasteiger partial charge in [-0.05, 0) is 37.5 Å². The highest BCUT2D eigenvalue weighted by Crippen LogP contribution is 2.57. The molecular weight excluding hydrogens is 136 g/mol. The Morgan fingerprint density at radius 1 is 0.909 bits per heavy atom. The van der Waals surface area contributed by atoms with Gasteiger partial charge in [0, 0.05) is 0 Å². The van der Waals surface area contributed by atoms with Gasteiger partial charge in [0.2, 0.25) is 0 Å². The largest absolute Gasteiger partial charge is 0.369 e. The van der Waals surface area contributed by atoms with Crippen molar-refractivity contribution in [1.82, 2.24) is 0 Å². The van der Waals surface area contributed by atoms with Crippen molar-refractivity contribution < 1.29 is 4.74 Å². The Morgan fingerprint density at radius 2 is 1.45 bits per heavy atom. The summed E-state index contributed by atoms with van der Waals surface area (Å²) in [6, 6.07) is 0. The molecule has 0 aromatic rings. The number of hydrogen-bond donors (Lipinski definition) is 0. The van der Waals surface area contributed by atoms with Crippen LogP contribution < -0.4 is 0 Å². The minimum atomic E-state index is 0.441. The monoisotopic (exact) mass is 152 g/mol. The van der Waals surface area contributed by atoms with Crippen LogP contribution in [-0.4, -0.2) is 12.2 Å². The van der Waals surface area contributed by atoms with E-state index in [-0.39, 0.29) is 0 Å². The van der Waals surface area contributed by atoms with Gasteiger partial charge in [-0.2, -0.15) is 0 Å². The molecule has 1 heteroatoms. The lowest BCUT2D eigenvalue weighted by atomic mass is 9.87. The summed E-state index contributed by atoms with van der Waals surface area (Å²) in [5.41, 5.74) is 0.441. The van der Waals surface area contributed by atoms with E-state index in [2.05, 4.69) is 0 Å². The van der Waals surface area contributed by atoms with Crippen molar-refractivity contribution in [2.75, 3.05) is 6.61 Å². The minimum Gasteiger partial charge on any atom is -0.369 e. The van der Waals surface area contributed by atoms with Crippen LogP contribution >= 0.6 is 0 Å². The third-order valence-electron chi connectivity index (χ3n) is 3.79. The van der Waals surface area contributed by atoms with E-state index in [1.807, 2.05) is 0 Å². The van der Waals surface area contributed by atoms with Crippen molar-refractivity contribution in [2.24, 2.45) is 11.8 Å². The third kappa shape index (κ3) is 0.868. The minimum absolute atomic E-state index is 0.441. The summed E-state index contributed by atoms with van der Waals surface area (Å²) < 4.78 is 5.70. The van der Waals surface area contributed by atoms with Crippen LogP contribution in [0.2, 0.25) is 0 Å². The lowest BCUT2D eigenvalue weighted by Gasteiger charge is -2.17. The zero-order valence-electron chi connectivity index (χ0n) is 7.01. The fourth-order valence-corrected chi connectivity index (χ4v) is 2.87. The quantitative estimate of drug-likeness (QED) is 0.553. The first-order chi connectivity index (χ1) is 5.42. The first-order valence-electron chi connectivity index (χ1n) is 5.06. The summed E-state index contributed by atoms with van der Waals surface area (Å²) in [6.07, 6.45) is 8.74.